The summed E-state index contributed by atoms with van der Waals surface area (Å²) in [5.74, 6) is -0.488. The molecule has 2 unspecified atom stereocenters. The summed E-state index contributed by atoms with van der Waals surface area (Å²) in [4.78, 5) is 12.5. The minimum Gasteiger partial charge on any atom is -0.349 e. The second kappa shape index (κ2) is 8.52. The van der Waals surface area contributed by atoms with Gasteiger partial charge in [0.25, 0.3) is 0 Å². The molecule has 2 atom stereocenters. The van der Waals surface area contributed by atoms with Crippen molar-refractivity contribution in [2.75, 3.05) is 0 Å². The van der Waals surface area contributed by atoms with E-state index in [1.807, 2.05) is 6.92 Å². The van der Waals surface area contributed by atoms with Crippen LogP contribution in [0.2, 0.25) is 0 Å². The Morgan fingerprint density at radius 1 is 1.07 bits per heavy atom. The molecule has 0 radical (unpaired) electrons. The van der Waals surface area contributed by atoms with Crippen molar-refractivity contribution in [3.05, 3.63) is 65.7 Å². The lowest BCUT2D eigenvalue weighted by atomic mass is 10.1. The van der Waals surface area contributed by atoms with E-state index in [0.29, 0.717) is 16.5 Å². The van der Waals surface area contributed by atoms with Gasteiger partial charge in [0.05, 0.1) is 16.9 Å². The number of hydrogen-bond donors (Lipinski definition) is 1. The Hall–Kier alpha value is -2.74. The molecular formula is C20H20F2N4OS. The molecule has 0 saturated carbocycles. The summed E-state index contributed by atoms with van der Waals surface area (Å²) in [6, 6.07) is 12.1. The zero-order chi connectivity index (χ0) is 20.3. The van der Waals surface area contributed by atoms with Gasteiger partial charge < -0.3 is 9.88 Å². The van der Waals surface area contributed by atoms with E-state index < -0.39 is 5.25 Å². The Kier molecular flexibility index (Phi) is 6.08. The molecule has 2 aromatic carbocycles. The van der Waals surface area contributed by atoms with Gasteiger partial charge in [-0.15, -0.1) is 10.2 Å². The number of nitrogens with one attached hydrogen (secondary N) is 1. The highest BCUT2D eigenvalue weighted by molar-refractivity contribution is 8.00. The first-order valence-corrected chi connectivity index (χ1v) is 9.61. The van der Waals surface area contributed by atoms with E-state index in [-0.39, 0.29) is 23.6 Å². The van der Waals surface area contributed by atoms with Crippen LogP contribution in [0.5, 0.6) is 0 Å². The maximum atomic E-state index is 14.0. The predicted octanol–water partition coefficient (Wildman–Crippen LogP) is 4.12. The number of halogens is 2. The molecule has 1 amide bonds. The van der Waals surface area contributed by atoms with Crippen molar-refractivity contribution >= 4 is 17.7 Å². The number of carbonyl (C=O) groups excluding carboxylic acids is 1. The molecule has 8 heteroatoms. The Bertz CT molecular complexity index is 975. The van der Waals surface area contributed by atoms with Crippen LogP contribution < -0.4 is 5.32 Å². The van der Waals surface area contributed by atoms with Crippen molar-refractivity contribution in [2.24, 2.45) is 7.05 Å². The number of rotatable bonds is 6. The lowest BCUT2D eigenvalue weighted by molar-refractivity contribution is -0.120. The number of benzene rings is 2. The van der Waals surface area contributed by atoms with Gasteiger partial charge in [-0.25, -0.2) is 8.78 Å². The van der Waals surface area contributed by atoms with Crippen LogP contribution >= 0.6 is 11.8 Å². The Labute approximate surface area is 166 Å². The number of hydrogen-bond acceptors (Lipinski definition) is 4. The van der Waals surface area contributed by atoms with Crippen molar-refractivity contribution in [1.29, 1.82) is 0 Å². The molecule has 5 nitrogen and oxygen atoms in total. The van der Waals surface area contributed by atoms with Crippen LogP contribution in [0.25, 0.3) is 11.4 Å². The van der Waals surface area contributed by atoms with Gasteiger partial charge in [-0.1, -0.05) is 36.0 Å². The Morgan fingerprint density at radius 3 is 2.43 bits per heavy atom. The van der Waals surface area contributed by atoms with Gasteiger partial charge in [-0.3, -0.25) is 4.79 Å². The minimum atomic E-state index is -0.445. The normalized spacial score (nSPS) is 13.2. The van der Waals surface area contributed by atoms with E-state index in [0.717, 1.165) is 5.56 Å². The third-order valence-electron chi connectivity index (χ3n) is 4.33. The number of nitrogens with zero attached hydrogens (tertiary/aromatic N) is 3. The van der Waals surface area contributed by atoms with Crippen LogP contribution in [0.15, 0.2) is 53.7 Å². The second-order valence-electron chi connectivity index (χ2n) is 6.39. The van der Waals surface area contributed by atoms with Gasteiger partial charge in [-0.05, 0) is 43.7 Å². The third kappa shape index (κ3) is 4.39. The van der Waals surface area contributed by atoms with Gasteiger partial charge in [-0.2, -0.15) is 0 Å². The predicted molar refractivity (Wildman–Crippen MR) is 105 cm³/mol. The SMILES string of the molecule is CC(Sc1nnc(-c2ccccc2F)n1C)C(=O)NC(C)c1ccc(F)cc1. The molecule has 0 spiro atoms. The van der Waals surface area contributed by atoms with E-state index in [2.05, 4.69) is 15.5 Å². The maximum Gasteiger partial charge on any atom is 0.233 e. The molecule has 0 aliphatic carbocycles. The van der Waals surface area contributed by atoms with Gasteiger partial charge in [0.15, 0.2) is 11.0 Å². The zero-order valence-electron chi connectivity index (χ0n) is 15.7. The van der Waals surface area contributed by atoms with E-state index in [4.69, 9.17) is 0 Å². The molecule has 3 rings (SSSR count). The highest BCUT2D eigenvalue weighted by atomic mass is 32.2. The molecule has 3 aromatic rings. The molecule has 1 aromatic heterocycles. The fraction of sp³-hybridized carbons (Fsp3) is 0.250. The van der Waals surface area contributed by atoms with E-state index in [1.54, 1.807) is 48.9 Å². The first kappa shape index (κ1) is 20.0. The molecule has 0 bridgehead atoms. The Balaban J connectivity index is 1.67. The zero-order valence-corrected chi connectivity index (χ0v) is 16.5. The molecule has 1 N–H and O–H groups in total. The molecule has 0 aliphatic heterocycles. The average molecular weight is 402 g/mol. The molecule has 1 heterocycles. The van der Waals surface area contributed by atoms with Crippen molar-refractivity contribution in [1.82, 2.24) is 20.1 Å². The van der Waals surface area contributed by atoms with Crippen LogP contribution in [-0.4, -0.2) is 25.9 Å². The first-order valence-electron chi connectivity index (χ1n) is 8.73. The summed E-state index contributed by atoms with van der Waals surface area (Å²) >= 11 is 1.23. The van der Waals surface area contributed by atoms with Gasteiger partial charge in [0.2, 0.25) is 5.91 Å². The molecular weight excluding hydrogens is 382 g/mol. The van der Waals surface area contributed by atoms with Crippen molar-refractivity contribution in [3.63, 3.8) is 0 Å². The third-order valence-corrected chi connectivity index (χ3v) is 5.46. The summed E-state index contributed by atoms with van der Waals surface area (Å²) in [6.45, 7) is 3.59. The standard InChI is InChI=1S/C20H20F2N4OS/c1-12(14-8-10-15(21)11-9-14)23-19(27)13(2)28-20-25-24-18(26(20)3)16-6-4-5-7-17(16)22/h4-13H,1-3H3,(H,23,27). The Morgan fingerprint density at radius 2 is 1.75 bits per heavy atom. The number of thioether (sulfide) groups is 1. The van der Waals surface area contributed by atoms with E-state index >= 15 is 0 Å². The lowest BCUT2D eigenvalue weighted by Crippen LogP contribution is -2.33. The second-order valence-corrected chi connectivity index (χ2v) is 7.69. The van der Waals surface area contributed by atoms with Crippen molar-refractivity contribution in [2.45, 2.75) is 30.3 Å². The van der Waals surface area contributed by atoms with Crippen LogP contribution in [0.3, 0.4) is 0 Å². The number of aromatic nitrogens is 3. The van der Waals surface area contributed by atoms with Gasteiger partial charge in [0.1, 0.15) is 11.6 Å². The van der Waals surface area contributed by atoms with Crippen LogP contribution in [-0.2, 0) is 11.8 Å². The number of carbonyl (C=O) groups is 1. The summed E-state index contributed by atoms with van der Waals surface area (Å²) in [5.41, 5.74) is 1.17. The average Bonchev–Trinajstić information content (AvgIpc) is 3.03. The molecule has 0 aliphatic rings. The maximum absolute atomic E-state index is 14.0. The highest BCUT2D eigenvalue weighted by Gasteiger charge is 2.21. The minimum absolute atomic E-state index is 0.183. The monoisotopic (exact) mass is 402 g/mol. The smallest absolute Gasteiger partial charge is 0.233 e. The quantitative estimate of drug-likeness (QED) is 0.630. The van der Waals surface area contributed by atoms with Crippen LogP contribution in [0.4, 0.5) is 8.78 Å². The summed E-state index contributed by atoms with van der Waals surface area (Å²) < 4.78 is 28.7. The van der Waals surface area contributed by atoms with Gasteiger partial charge >= 0.3 is 0 Å². The van der Waals surface area contributed by atoms with Crippen molar-refractivity contribution < 1.29 is 13.6 Å². The number of amides is 1. The van der Waals surface area contributed by atoms with Gasteiger partial charge in [0, 0.05) is 7.05 Å². The van der Waals surface area contributed by atoms with E-state index in [1.165, 1.54) is 30.0 Å². The molecule has 0 fully saturated rings. The fourth-order valence-electron chi connectivity index (χ4n) is 2.67. The van der Waals surface area contributed by atoms with E-state index in [9.17, 15) is 13.6 Å². The summed E-state index contributed by atoms with van der Waals surface area (Å²) in [7, 11) is 1.73. The summed E-state index contributed by atoms with van der Waals surface area (Å²) in [5, 5.41) is 11.1. The molecule has 0 saturated heterocycles. The van der Waals surface area contributed by atoms with Crippen LogP contribution in [0.1, 0.15) is 25.5 Å². The first-order chi connectivity index (χ1) is 13.4. The topological polar surface area (TPSA) is 59.8 Å². The summed E-state index contributed by atoms with van der Waals surface area (Å²) in [6.07, 6.45) is 0. The molecule has 146 valence electrons. The largest absolute Gasteiger partial charge is 0.349 e. The molecule has 28 heavy (non-hydrogen) atoms. The lowest BCUT2D eigenvalue weighted by Gasteiger charge is -2.17. The highest BCUT2D eigenvalue weighted by Crippen LogP contribution is 2.27. The van der Waals surface area contributed by atoms with Crippen molar-refractivity contribution in [3.8, 4) is 11.4 Å². The fourth-order valence-corrected chi connectivity index (χ4v) is 3.50. The van der Waals surface area contributed by atoms with Crippen LogP contribution in [0, 0.1) is 11.6 Å².